The Labute approximate surface area is 214 Å². The van der Waals surface area contributed by atoms with Crippen molar-refractivity contribution >= 4 is 69.2 Å². The molecule has 0 unspecified atom stereocenters. The first-order valence-corrected chi connectivity index (χ1v) is 12.9. The van der Waals surface area contributed by atoms with Crippen molar-refractivity contribution in [2.45, 2.75) is 29.8 Å². The van der Waals surface area contributed by atoms with E-state index in [0.717, 1.165) is 30.0 Å². The number of carbonyl (C=O) groups excluding carboxylic acids is 3. The smallest absolute Gasteiger partial charge is 0.230 e. The topological polar surface area (TPSA) is 140 Å². The number of morpholine rings is 1. The van der Waals surface area contributed by atoms with Gasteiger partial charge < -0.3 is 21.1 Å². The summed E-state index contributed by atoms with van der Waals surface area (Å²) in [6.07, 6.45) is -0.174. The molecule has 184 valence electrons. The van der Waals surface area contributed by atoms with E-state index in [-0.39, 0.29) is 36.5 Å². The normalized spacial score (nSPS) is 16.2. The Kier molecular flexibility index (Phi) is 10.4. The summed E-state index contributed by atoms with van der Waals surface area (Å²) >= 11 is 14.4. The molecule has 0 saturated carbocycles. The number of amides is 3. The number of rotatable bonds is 11. The number of aromatic nitrogens is 2. The van der Waals surface area contributed by atoms with Gasteiger partial charge in [0.1, 0.15) is 0 Å². The molecule has 0 aliphatic carbocycles. The third kappa shape index (κ3) is 9.01. The summed E-state index contributed by atoms with van der Waals surface area (Å²) in [6.45, 7) is 3.17. The van der Waals surface area contributed by atoms with Crippen molar-refractivity contribution in [1.29, 1.82) is 0 Å². The Morgan fingerprint density at radius 3 is 2.79 bits per heavy atom. The molecular formula is C20H24Cl2N6O4S2. The summed E-state index contributed by atoms with van der Waals surface area (Å²) in [5.74, 6) is -0.917. The first-order valence-electron chi connectivity index (χ1n) is 10.4. The molecule has 14 heteroatoms. The molecule has 1 aromatic carbocycles. The fourth-order valence-electron chi connectivity index (χ4n) is 3.09. The fourth-order valence-corrected chi connectivity index (χ4v) is 5.01. The minimum atomic E-state index is -0.549. The van der Waals surface area contributed by atoms with Crippen molar-refractivity contribution in [2.75, 3.05) is 37.3 Å². The van der Waals surface area contributed by atoms with Gasteiger partial charge in [-0.05, 0) is 17.7 Å². The zero-order valence-electron chi connectivity index (χ0n) is 18.1. The fraction of sp³-hybridized carbons (Fsp3) is 0.450. The van der Waals surface area contributed by atoms with Crippen LogP contribution in [0.1, 0.15) is 18.4 Å². The van der Waals surface area contributed by atoms with E-state index >= 15 is 0 Å². The third-order valence-corrected chi connectivity index (χ3v) is 7.43. The van der Waals surface area contributed by atoms with Crippen LogP contribution in [0, 0.1) is 0 Å². The maximum atomic E-state index is 12.2. The number of hydrogen-bond acceptors (Lipinski definition) is 9. The van der Waals surface area contributed by atoms with Crippen molar-refractivity contribution in [3.8, 4) is 0 Å². The van der Waals surface area contributed by atoms with Crippen molar-refractivity contribution in [1.82, 2.24) is 20.4 Å². The van der Waals surface area contributed by atoms with Crippen LogP contribution >= 0.6 is 46.3 Å². The van der Waals surface area contributed by atoms with E-state index in [1.54, 1.807) is 6.07 Å². The maximum Gasteiger partial charge on any atom is 0.230 e. The van der Waals surface area contributed by atoms with Crippen molar-refractivity contribution in [3.63, 3.8) is 0 Å². The van der Waals surface area contributed by atoms with Crippen LogP contribution in [0.3, 0.4) is 0 Å². The van der Waals surface area contributed by atoms with E-state index < -0.39 is 5.91 Å². The van der Waals surface area contributed by atoms with E-state index in [9.17, 15) is 14.4 Å². The zero-order valence-corrected chi connectivity index (χ0v) is 21.2. The van der Waals surface area contributed by atoms with Gasteiger partial charge in [-0.1, -0.05) is 52.4 Å². The predicted molar refractivity (Wildman–Crippen MR) is 132 cm³/mol. The highest BCUT2D eigenvalue weighted by Gasteiger charge is 2.21. The van der Waals surface area contributed by atoms with Crippen LogP contribution in [-0.2, 0) is 25.7 Å². The highest BCUT2D eigenvalue weighted by molar-refractivity contribution is 8.01. The Hall–Kier alpha value is -1.96. The standard InChI is InChI=1S/C20H24Cl2N6O4S2/c21-14-2-1-12(7-15(14)22)9-28-5-6-32-13(10-28)8-24-18(31)11-33-20-27-26-19(34-20)25-17(30)4-3-16(23)29/h1-2,7,13H,3-6,8-11H2,(H2,23,29)(H,24,31)(H,25,26,30)/t13-/m0/s1. The molecule has 1 atom stereocenters. The third-order valence-electron chi connectivity index (χ3n) is 4.72. The maximum absolute atomic E-state index is 12.2. The lowest BCUT2D eigenvalue weighted by molar-refractivity contribution is -0.122. The first kappa shape index (κ1) is 26.6. The quantitative estimate of drug-likeness (QED) is 0.287. The molecule has 34 heavy (non-hydrogen) atoms. The molecule has 1 aliphatic heterocycles. The molecule has 2 aromatic rings. The molecule has 1 aliphatic rings. The Morgan fingerprint density at radius 1 is 1.21 bits per heavy atom. The Balaban J connectivity index is 1.36. The molecule has 3 amide bonds. The highest BCUT2D eigenvalue weighted by Crippen LogP contribution is 2.26. The summed E-state index contributed by atoms with van der Waals surface area (Å²) in [7, 11) is 0. The molecule has 1 saturated heterocycles. The second-order valence-electron chi connectivity index (χ2n) is 7.46. The van der Waals surface area contributed by atoms with Crippen molar-refractivity contribution in [3.05, 3.63) is 33.8 Å². The molecule has 10 nitrogen and oxygen atoms in total. The second-order valence-corrected chi connectivity index (χ2v) is 10.5. The number of nitrogens with zero attached hydrogens (tertiary/aromatic N) is 3. The lowest BCUT2D eigenvalue weighted by Gasteiger charge is -2.33. The second kappa shape index (κ2) is 13.2. The van der Waals surface area contributed by atoms with E-state index in [4.69, 9.17) is 33.7 Å². The largest absolute Gasteiger partial charge is 0.374 e. The van der Waals surface area contributed by atoms with Gasteiger partial charge in [-0.15, -0.1) is 10.2 Å². The van der Waals surface area contributed by atoms with Gasteiger partial charge in [0, 0.05) is 39.0 Å². The van der Waals surface area contributed by atoms with Crippen LogP contribution in [0.4, 0.5) is 5.13 Å². The molecule has 1 aromatic heterocycles. The summed E-state index contributed by atoms with van der Waals surface area (Å²) in [4.78, 5) is 36.9. The average Bonchev–Trinajstić information content (AvgIpc) is 3.25. The molecule has 4 N–H and O–H groups in total. The minimum absolute atomic E-state index is 0.0199. The number of anilines is 1. The minimum Gasteiger partial charge on any atom is -0.374 e. The van der Waals surface area contributed by atoms with Gasteiger partial charge in [-0.2, -0.15) is 0 Å². The average molecular weight is 547 g/mol. The van der Waals surface area contributed by atoms with Gasteiger partial charge in [0.2, 0.25) is 22.9 Å². The molecule has 0 radical (unpaired) electrons. The van der Waals surface area contributed by atoms with Gasteiger partial charge in [-0.3, -0.25) is 19.3 Å². The Morgan fingerprint density at radius 2 is 2.03 bits per heavy atom. The van der Waals surface area contributed by atoms with Crippen LogP contribution in [0.25, 0.3) is 0 Å². The lowest BCUT2D eigenvalue weighted by atomic mass is 10.2. The predicted octanol–water partition coefficient (Wildman–Crippen LogP) is 2.16. The molecule has 1 fully saturated rings. The van der Waals surface area contributed by atoms with Crippen LogP contribution in [0.2, 0.25) is 10.0 Å². The summed E-state index contributed by atoms with van der Waals surface area (Å²) in [5.41, 5.74) is 6.09. The van der Waals surface area contributed by atoms with Gasteiger partial charge >= 0.3 is 0 Å². The summed E-state index contributed by atoms with van der Waals surface area (Å²) < 4.78 is 6.32. The van der Waals surface area contributed by atoms with Crippen LogP contribution in [0.15, 0.2) is 22.5 Å². The number of benzene rings is 1. The monoisotopic (exact) mass is 546 g/mol. The number of primary amides is 1. The number of hydrogen-bond donors (Lipinski definition) is 3. The van der Waals surface area contributed by atoms with Gasteiger partial charge in [0.05, 0.1) is 28.5 Å². The van der Waals surface area contributed by atoms with E-state index in [1.807, 2.05) is 12.1 Å². The van der Waals surface area contributed by atoms with Gasteiger partial charge in [0.15, 0.2) is 4.34 Å². The van der Waals surface area contributed by atoms with Crippen LogP contribution in [0.5, 0.6) is 0 Å². The van der Waals surface area contributed by atoms with E-state index in [2.05, 4.69) is 25.7 Å². The number of halogens is 2. The molecular weight excluding hydrogens is 523 g/mol. The summed E-state index contributed by atoms with van der Waals surface area (Å²) in [6, 6.07) is 5.59. The van der Waals surface area contributed by atoms with E-state index in [0.29, 0.717) is 39.2 Å². The van der Waals surface area contributed by atoms with Crippen LogP contribution < -0.4 is 16.4 Å². The number of nitrogens with two attached hydrogens (primary N) is 1. The van der Waals surface area contributed by atoms with E-state index in [1.165, 1.54) is 11.8 Å². The Bertz CT molecular complexity index is 1020. The van der Waals surface area contributed by atoms with Crippen LogP contribution in [-0.4, -0.2) is 70.9 Å². The SMILES string of the molecule is NC(=O)CCC(=O)Nc1nnc(SCC(=O)NC[C@H]2CN(Cc3ccc(Cl)c(Cl)c3)CCO2)s1. The number of nitrogens with one attached hydrogen (secondary N) is 2. The molecule has 3 rings (SSSR count). The van der Waals surface area contributed by atoms with Crippen molar-refractivity contribution in [2.24, 2.45) is 5.73 Å². The van der Waals surface area contributed by atoms with Gasteiger partial charge in [-0.25, -0.2) is 0 Å². The number of thioether (sulfide) groups is 1. The summed E-state index contributed by atoms with van der Waals surface area (Å²) in [5, 5.41) is 14.6. The molecule has 0 bridgehead atoms. The number of carbonyl (C=O) groups is 3. The highest BCUT2D eigenvalue weighted by atomic mass is 35.5. The van der Waals surface area contributed by atoms with Crippen molar-refractivity contribution < 1.29 is 19.1 Å². The zero-order chi connectivity index (χ0) is 24.5. The lowest BCUT2D eigenvalue weighted by Crippen LogP contribution is -2.47. The molecule has 2 heterocycles. The number of ether oxygens (including phenoxy) is 1. The first-order chi connectivity index (χ1) is 16.3. The van der Waals surface area contributed by atoms with Gasteiger partial charge in [0.25, 0.3) is 0 Å². The molecule has 0 spiro atoms.